The van der Waals surface area contributed by atoms with E-state index in [1.54, 1.807) is 0 Å². The van der Waals surface area contributed by atoms with Crippen LogP contribution in [0.5, 0.6) is 0 Å². The third kappa shape index (κ3) is 1.83. The van der Waals surface area contributed by atoms with Crippen LogP contribution in [0.1, 0.15) is 17.5 Å². The van der Waals surface area contributed by atoms with Crippen LogP contribution in [-0.2, 0) is 5.54 Å². The molecule has 0 amide bonds. The zero-order valence-electron chi connectivity index (χ0n) is 9.33. The highest BCUT2D eigenvalue weighted by atomic mass is 19.3. The lowest BCUT2D eigenvalue weighted by molar-refractivity contribution is 0.0277. The van der Waals surface area contributed by atoms with E-state index in [1.807, 2.05) is 0 Å². The second kappa shape index (κ2) is 3.99. The zero-order valence-corrected chi connectivity index (χ0v) is 9.33. The Labute approximate surface area is 97.2 Å². The van der Waals surface area contributed by atoms with Gasteiger partial charge >= 0.3 is 0 Å². The molecule has 0 heterocycles. The third-order valence-corrected chi connectivity index (χ3v) is 3.47. The first-order valence-corrected chi connectivity index (χ1v) is 5.39. The molecule has 0 spiro atoms. The number of halogens is 3. The van der Waals surface area contributed by atoms with Crippen molar-refractivity contribution < 1.29 is 18.3 Å². The average molecular weight is 245 g/mol. The predicted molar refractivity (Wildman–Crippen MR) is 57.1 cm³/mol. The van der Waals surface area contributed by atoms with Crippen molar-refractivity contribution in [3.63, 3.8) is 0 Å². The van der Waals surface area contributed by atoms with Gasteiger partial charge in [0, 0.05) is 5.92 Å². The first-order valence-electron chi connectivity index (χ1n) is 5.39. The van der Waals surface area contributed by atoms with E-state index in [4.69, 9.17) is 5.73 Å². The Morgan fingerprint density at radius 1 is 1.47 bits per heavy atom. The van der Waals surface area contributed by atoms with E-state index in [0.717, 1.165) is 0 Å². The summed E-state index contributed by atoms with van der Waals surface area (Å²) in [5, 5.41) is 9.33. The molecule has 1 aromatic carbocycles. The lowest BCUT2D eigenvalue weighted by Crippen LogP contribution is -2.47. The highest BCUT2D eigenvalue weighted by Crippen LogP contribution is 2.48. The minimum atomic E-state index is -2.84. The summed E-state index contributed by atoms with van der Waals surface area (Å²) in [6.45, 7) is 1.42. The van der Waals surface area contributed by atoms with E-state index < -0.39 is 29.8 Å². The summed E-state index contributed by atoms with van der Waals surface area (Å²) in [6.07, 6.45) is -3.43. The molecule has 1 fully saturated rings. The average Bonchev–Trinajstić information content (AvgIpc) is 2.99. The summed E-state index contributed by atoms with van der Waals surface area (Å²) in [6, 6.07) is 3.96. The number of alkyl halides is 2. The molecule has 3 atom stereocenters. The Hall–Kier alpha value is -1.07. The number of nitrogens with two attached hydrogens (primary N) is 1. The Balaban J connectivity index is 2.50. The first kappa shape index (κ1) is 12.4. The van der Waals surface area contributed by atoms with Gasteiger partial charge in [-0.25, -0.2) is 13.2 Å². The van der Waals surface area contributed by atoms with E-state index in [0.29, 0.717) is 0 Å². The predicted octanol–water partition coefficient (Wildman–Crippen LogP) is 1.93. The molecule has 0 saturated heterocycles. The fourth-order valence-corrected chi connectivity index (χ4v) is 2.25. The van der Waals surface area contributed by atoms with Crippen LogP contribution < -0.4 is 5.73 Å². The zero-order chi connectivity index (χ0) is 12.8. The van der Waals surface area contributed by atoms with E-state index in [-0.39, 0.29) is 17.5 Å². The third-order valence-electron chi connectivity index (χ3n) is 3.47. The van der Waals surface area contributed by atoms with Crippen LogP contribution >= 0.6 is 0 Å². The molecule has 1 aromatic rings. The van der Waals surface area contributed by atoms with Crippen molar-refractivity contribution in [2.45, 2.75) is 31.4 Å². The van der Waals surface area contributed by atoms with Gasteiger partial charge in [-0.2, -0.15) is 0 Å². The largest absolute Gasteiger partial charge is 0.393 e. The second-order valence-electron chi connectivity index (χ2n) is 4.56. The second-order valence-corrected chi connectivity index (χ2v) is 4.56. The maximum absolute atomic E-state index is 13.4. The van der Waals surface area contributed by atoms with Gasteiger partial charge in [-0.05, 0) is 30.5 Å². The Morgan fingerprint density at radius 3 is 2.53 bits per heavy atom. The molecule has 3 N–H and O–H groups in total. The van der Waals surface area contributed by atoms with Crippen molar-refractivity contribution in [1.82, 2.24) is 0 Å². The lowest BCUT2D eigenvalue weighted by atomic mass is 9.83. The van der Waals surface area contributed by atoms with E-state index >= 15 is 0 Å². The summed E-state index contributed by atoms with van der Waals surface area (Å²) in [5.41, 5.74) is 3.98. The summed E-state index contributed by atoms with van der Waals surface area (Å²) in [4.78, 5) is 0. The van der Waals surface area contributed by atoms with Gasteiger partial charge in [0.15, 0.2) is 0 Å². The van der Waals surface area contributed by atoms with Crippen molar-refractivity contribution in [3.8, 4) is 0 Å². The molecule has 0 unspecified atom stereocenters. The van der Waals surface area contributed by atoms with Gasteiger partial charge in [-0.1, -0.05) is 12.1 Å². The summed E-state index contributed by atoms with van der Waals surface area (Å²) in [7, 11) is 0. The van der Waals surface area contributed by atoms with Gasteiger partial charge in [-0.15, -0.1) is 0 Å². The summed E-state index contributed by atoms with van der Waals surface area (Å²) >= 11 is 0. The highest BCUT2D eigenvalue weighted by molar-refractivity contribution is 5.36. The van der Waals surface area contributed by atoms with Crippen molar-refractivity contribution >= 4 is 0 Å². The van der Waals surface area contributed by atoms with Gasteiger partial charge < -0.3 is 10.8 Å². The number of aliphatic hydroxyl groups is 1. The minimum absolute atomic E-state index is 0.0778. The smallest absolute Gasteiger partial charge is 0.260 e. The number of aliphatic hydroxyl groups excluding tert-OH is 1. The summed E-state index contributed by atoms with van der Waals surface area (Å²) in [5.74, 6) is -1.27. The monoisotopic (exact) mass is 245 g/mol. The van der Waals surface area contributed by atoms with Crippen LogP contribution in [0.2, 0.25) is 0 Å². The van der Waals surface area contributed by atoms with Gasteiger partial charge in [0.2, 0.25) is 0 Å². The van der Waals surface area contributed by atoms with Gasteiger partial charge in [0.05, 0.1) is 6.10 Å². The number of benzene rings is 1. The van der Waals surface area contributed by atoms with Crippen LogP contribution in [0.25, 0.3) is 0 Å². The quantitative estimate of drug-likeness (QED) is 0.854. The van der Waals surface area contributed by atoms with Gasteiger partial charge in [0.25, 0.3) is 6.43 Å². The van der Waals surface area contributed by atoms with Crippen LogP contribution in [0.4, 0.5) is 13.2 Å². The maximum Gasteiger partial charge on any atom is 0.260 e. The molecule has 0 aromatic heterocycles. The normalized spacial score (nSPS) is 27.0. The lowest BCUT2D eigenvalue weighted by Gasteiger charge is -2.31. The van der Waals surface area contributed by atoms with E-state index in [9.17, 15) is 18.3 Å². The van der Waals surface area contributed by atoms with Crippen LogP contribution in [-0.4, -0.2) is 17.6 Å². The van der Waals surface area contributed by atoms with Gasteiger partial charge in [0.1, 0.15) is 11.4 Å². The van der Waals surface area contributed by atoms with Gasteiger partial charge in [-0.3, -0.25) is 0 Å². The Bertz CT molecular complexity index is 438. The Morgan fingerprint density at radius 2 is 2.06 bits per heavy atom. The molecule has 0 aliphatic heterocycles. The molecule has 1 aliphatic carbocycles. The molecule has 2 nitrogen and oxygen atoms in total. The fraction of sp³-hybridized carbons (Fsp3) is 0.500. The molecule has 1 aliphatic rings. The number of hydrogen-bond acceptors (Lipinski definition) is 2. The first-order chi connectivity index (χ1) is 7.89. The fourth-order valence-electron chi connectivity index (χ4n) is 2.25. The molecule has 1 saturated carbocycles. The molecule has 94 valence electrons. The molecule has 2 rings (SSSR count). The highest BCUT2D eigenvalue weighted by Gasteiger charge is 2.56. The molecule has 0 bridgehead atoms. The van der Waals surface area contributed by atoms with Crippen molar-refractivity contribution in [2.24, 2.45) is 11.7 Å². The molecule has 5 heteroatoms. The molecular weight excluding hydrogens is 231 g/mol. The molecule has 0 radical (unpaired) electrons. The SMILES string of the molecule is Cc1c(F)cccc1[C@](N)(C(F)F)[C@H]1C[C@H]1O. The minimum Gasteiger partial charge on any atom is -0.393 e. The van der Waals surface area contributed by atoms with Crippen molar-refractivity contribution in [2.75, 3.05) is 0 Å². The Kier molecular flexibility index (Phi) is 2.91. The number of hydrogen-bond donors (Lipinski definition) is 2. The van der Waals surface area contributed by atoms with Crippen LogP contribution in [0.3, 0.4) is 0 Å². The van der Waals surface area contributed by atoms with Crippen molar-refractivity contribution in [1.29, 1.82) is 0 Å². The topological polar surface area (TPSA) is 46.2 Å². The van der Waals surface area contributed by atoms with E-state index in [2.05, 4.69) is 0 Å². The van der Waals surface area contributed by atoms with E-state index in [1.165, 1.54) is 25.1 Å². The number of rotatable bonds is 3. The maximum atomic E-state index is 13.4. The molecular formula is C12H14F3NO. The van der Waals surface area contributed by atoms with Crippen LogP contribution in [0.15, 0.2) is 18.2 Å². The van der Waals surface area contributed by atoms with Crippen LogP contribution in [0, 0.1) is 18.7 Å². The standard InChI is InChI=1S/C12H14F3NO/c1-6-7(3-2-4-9(6)13)12(16,11(14)15)8-5-10(8)17/h2-4,8,10-11,17H,5,16H2,1H3/t8-,10+,12+/m0/s1. The molecule has 17 heavy (non-hydrogen) atoms. The summed E-state index contributed by atoms with van der Waals surface area (Å²) < 4.78 is 39.8. The van der Waals surface area contributed by atoms with Crippen molar-refractivity contribution in [3.05, 3.63) is 35.1 Å².